The molecule has 3 amide bonds. The molecular weight excluding hydrogens is 405 g/mol. The maximum Gasteiger partial charge on any atom is 0.245 e. The van der Waals surface area contributed by atoms with Crippen LogP contribution in [0.15, 0.2) is 18.2 Å². The summed E-state index contributed by atoms with van der Waals surface area (Å²) in [5.74, 6) is -1.84. The van der Waals surface area contributed by atoms with Crippen LogP contribution in [0.1, 0.15) is 47.7 Å². The van der Waals surface area contributed by atoms with Gasteiger partial charge in [-0.25, -0.2) is 4.39 Å². The third kappa shape index (κ3) is 3.96. The van der Waals surface area contributed by atoms with E-state index in [0.717, 1.165) is 11.1 Å². The minimum atomic E-state index is -1.26. The molecule has 4 rings (SSSR count). The van der Waals surface area contributed by atoms with Crippen LogP contribution in [0.5, 0.6) is 0 Å². The fourth-order valence-electron chi connectivity index (χ4n) is 4.74. The first-order valence-corrected chi connectivity index (χ1v) is 10.4. The number of carbonyl (C=O) groups is 5. The van der Waals surface area contributed by atoms with Gasteiger partial charge in [-0.1, -0.05) is 18.2 Å². The highest BCUT2D eigenvalue weighted by molar-refractivity contribution is 5.97. The molecule has 0 saturated carbocycles. The Morgan fingerprint density at radius 2 is 2.00 bits per heavy atom. The van der Waals surface area contributed by atoms with Crippen LogP contribution >= 0.6 is 0 Å². The number of aldehydes is 1. The molecule has 2 saturated heterocycles. The lowest BCUT2D eigenvalue weighted by atomic mass is 9.99. The zero-order chi connectivity index (χ0) is 22.3. The van der Waals surface area contributed by atoms with Crippen LogP contribution in [-0.2, 0) is 32.3 Å². The third-order valence-corrected chi connectivity index (χ3v) is 6.37. The van der Waals surface area contributed by atoms with E-state index < -0.39 is 36.0 Å². The average molecular weight is 429 g/mol. The van der Waals surface area contributed by atoms with E-state index >= 15 is 0 Å². The summed E-state index contributed by atoms with van der Waals surface area (Å²) in [6.45, 7) is 2.01. The topological polar surface area (TPSA) is 104 Å². The van der Waals surface area contributed by atoms with Gasteiger partial charge >= 0.3 is 0 Å². The number of hydrogen-bond donors (Lipinski definition) is 1. The Morgan fingerprint density at radius 1 is 1.23 bits per heavy atom. The van der Waals surface area contributed by atoms with Crippen LogP contribution in [0.25, 0.3) is 0 Å². The highest BCUT2D eigenvalue weighted by atomic mass is 19.1. The van der Waals surface area contributed by atoms with Crippen molar-refractivity contribution in [3.63, 3.8) is 0 Å². The molecule has 0 aliphatic carbocycles. The lowest BCUT2D eigenvalue weighted by Gasteiger charge is -2.23. The highest BCUT2D eigenvalue weighted by Gasteiger charge is 2.44. The molecule has 2 fully saturated rings. The second kappa shape index (κ2) is 8.20. The van der Waals surface area contributed by atoms with Crippen LogP contribution < -0.4 is 5.32 Å². The van der Waals surface area contributed by atoms with Gasteiger partial charge in [0, 0.05) is 37.4 Å². The maximum atomic E-state index is 13.6. The summed E-state index contributed by atoms with van der Waals surface area (Å²) >= 11 is 0. The summed E-state index contributed by atoms with van der Waals surface area (Å²) in [6, 6.07) is 3.72. The number of benzene rings is 1. The number of halogens is 1. The van der Waals surface area contributed by atoms with Crippen LogP contribution in [0.2, 0.25) is 0 Å². The number of fused-ring (bicyclic) bond motifs is 1. The normalized spacial score (nSPS) is 27.2. The van der Waals surface area contributed by atoms with Crippen molar-refractivity contribution in [3.05, 3.63) is 34.9 Å². The Labute approximate surface area is 178 Å². The van der Waals surface area contributed by atoms with Gasteiger partial charge in [-0.05, 0) is 24.5 Å². The van der Waals surface area contributed by atoms with E-state index in [9.17, 15) is 28.4 Å². The van der Waals surface area contributed by atoms with Gasteiger partial charge in [0.2, 0.25) is 17.7 Å². The number of hydrogen-bond acceptors (Lipinski definition) is 5. The van der Waals surface area contributed by atoms with Crippen molar-refractivity contribution in [2.45, 2.75) is 57.5 Å². The van der Waals surface area contributed by atoms with E-state index in [1.54, 1.807) is 17.0 Å². The van der Waals surface area contributed by atoms with Gasteiger partial charge < -0.3 is 19.9 Å². The predicted molar refractivity (Wildman–Crippen MR) is 106 cm³/mol. The van der Waals surface area contributed by atoms with Gasteiger partial charge in [0.25, 0.3) is 0 Å². The molecule has 164 valence electrons. The Hall–Kier alpha value is -3.10. The van der Waals surface area contributed by atoms with E-state index in [2.05, 4.69) is 5.32 Å². The number of rotatable bonds is 5. The smallest absolute Gasteiger partial charge is 0.245 e. The largest absolute Gasteiger partial charge is 0.344 e. The summed E-state index contributed by atoms with van der Waals surface area (Å²) in [5, 5.41) is 2.59. The third-order valence-electron chi connectivity index (χ3n) is 6.37. The van der Waals surface area contributed by atoms with Crippen LogP contribution in [-0.4, -0.2) is 64.4 Å². The molecule has 0 radical (unpaired) electrons. The molecule has 0 aromatic heterocycles. The van der Waals surface area contributed by atoms with E-state index in [1.165, 1.54) is 11.8 Å². The Balaban J connectivity index is 1.38. The SMILES string of the molecule is CC(=O)c1cccc2c1CN(C(=O)C[C@@H]1C[C@@H](C(=O)N3CC(F)C[C@H]3C=O)NC1=O)C2. The van der Waals surface area contributed by atoms with Crippen molar-refractivity contribution in [3.8, 4) is 0 Å². The standard InChI is InChI=1S/C22H24FN3O5/c1-12(28)17-4-2-3-13-8-25(10-18(13)17)20(29)6-14-5-19(24-21(14)30)22(31)26-9-15(23)7-16(26)11-27/h2-4,11,14-16,19H,5-10H2,1H3,(H,24,30)/t14-,15?,16-,19-/m0/s1. The second-order valence-electron chi connectivity index (χ2n) is 8.47. The van der Waals surface area contributed by atoms with Gasteiger partial charge in [-0.3, -0.25) is 19.2 Å². The second-order valence-corrected chi connectivity index (χ2v) is 8.47. The number of nitrogens with one attached hydrogen (secondary N) is 1. The molecule has 1 aromatic rings. The summed E-state index contributed by atoms with van der Waals surface area (Å²) in [6.07, 6.45) is -0.667. The van der Waals surface area contributed by atoms with Crippen LogP contribution in [0.3, 0.4) is 0 Å². The van der Waals surface area contributed by atoms with Crippen LogP contribution in [0.4, 0.5) is 4.39 Å². The fraction of sp³-hybridized carbons (Fsp3) is 0.500. The van der Waals surface area contributed by atoms with Gasteiger partial charge in [-0.2, -0.15) is 0 Å². The van der Waals surface area contributed by atoms with Crippen LogP contribution in [0, 0.1) is 5.92 Å². The number of carbonyl (C=O) groups excluding carboxylic acids is 5. The molecule has 1 N–H and O–H groups in total. The van der Waals surface area contributed by atoms with E-state index in [4.69, 9.17) is 0 Å². The zero-order valence-corrected chi connectivity index (χ0v) is 17.2. The molecule has 3 aliphatic heterocycles. The first-order valence-electron chi connectivity index (χ1n) is 10.4. The van der Waals surface area contributed by atoms with Gasteiger partial charge in [0.05, 0.1) is 12.6 Å². The van der Waals surface area contributed by atoms with E-state index in [1.807, 2.05) is 6.07 Å². The molecular formula is C22H24FN3O5. The molecule has 1 aromatic carbocycles. The maximum absolute atomic E-state index is 13.6. The zero-order valence-electron chi connectivity index (χ0n) is 17.2. The number of ketones is 1. The first kappa shape index (κ1) is 21.1. The van der Waals surface area contributed by atoms with Crippen molar-refractivity contribution in [1.82, 2.24) is 15.1 Å². The quantitative estimate of drug-likeness (QED) is 0.550. The van der Waals surface area contributed by atoms with Crippen molar-refractivity contribution in [1.29, 1.82) is 0 Å². The number of nitrogens with zero attached hydrogens (tertiary/aromatic N) is 2. The molecule has 1 unspecified atom stereocenters. The molecule has 31 heavy (non-hydrogen) atoms. The molecule has 3 aliphatic rings. The fourth-order valence-corrected chi connectivity index (χ4v) is 4.74. The van der Waals surface area contributed by atoms with Gasteiger partial charge in [0.1, 0.15) is 18.5 Å². The van der Waals surface area contributed by atoms with E-state index in [0.29, 0.717) is 24.9 Å². The molecule has 0 bridgehead atoms. The molecule has 0 spiro atoms. The number of likely N-dealkylation sites (tertiary alicyclic amines) is 1. The summed E-state index contributed by atoms with van der Waals surface area (Å²) in [7, 11) is 0. The Morgan fingerprint density at radius 3 is 2.71 bits per heavy atom. The molecule has 4 atom stereocenters. The molecule has 3 heterocycles. The predicted octanol–water partition coefficient (Wildman–Crippen LogP) is 0.764. The first-order chi connectivity index (χ1) is 14.8. The van der Waals surface area contributed by atoms with Gasteiger partial charge in [-0.15, -0.1) is 0 Å². The average Bonchev–Trinajstić information content (AvgIpc) is 3.43. The lowest BCUT2D eigenvalue weighted by Crippen LogP contribution is -2.47. The van der Waals surface area contributed by atoms with Crippen molar-refractivity contribution >= 4 is 29.8 Å². The summed E-state index contributed by atoms with van der Waals surface area (Å²) in [5.41, 5.74) is 2.35. The molecule has 9 heteroatoms. The van der Waals surface area contributed by atoms with Crippen molar-refractivity contribution in [2.75, 3.05) is 6.54 Å². The van der Waals surface area contributed by atoms with Gasteiger partial charge in [0.15, 0.2) is 5.78 Å². The summed E-state index contributed by atoms with van der Waals surface area (Å²) < 4.78 is 13.6. The monoisotopic (exact) mass is 429 g/mol. The summed E-state index contributed by atoms with van der Waals surface area (Å²) in [4.78, 5) is 63.7. The minimum Gasteiger partial charge on any atom is -0.344 e. The highest BCUT2D eigenvalue weighted by Crippen LogP contribution is 2.30. The van der Waals surface area contributed by atoms with Crippen molar-refractivity contribution in [2.24, 2.45) is 5.92 Å². The molecule has 8 nitrogen and oxygen atoms in total. The Bertz CT molecular complexity index is 964. The van der Waals surface area contributed by atoms with Crippen molar-refractivity contribution < 1.29 is 28.4 Å². The minimum absolute atomic E-state index is 0.0322. The lowest BCUT2D eigenvalue weighted by molar-refractivity contribution is -0.137. The Kier molecular flexibility index (Phi) is 5.60. The number of Topliss-reactive ketones (excluding diaryl/α,β-unsaturated/α-hetero) is 1. The number of alkyl halides is 1. The number of amides is 3. The van der Waals surface area contributed by atoms with E-state index in [-0.39, 0.29) is 37.5 Å².